The molecule has 2 saturated heterocycles. The van der Waals surface area contributed by atoms with Gasteiger partial charge in [-0.25, -0.2) is 4.79 Å². The first-order chi connectivity index (χ1) is 6.03. The molecule has 5 nitrogen and oxygen atoms in total. The van der Waals surface area contributed by atoms with Crippen LogP contribution >= 0.6 is 0 Å². The van der Waals surface area contributed by atoms with Crippen molar-refractivity contribution in [2.45, 2.75) is 37.9 Å². The highest BCUT2D eigenvalue weighted by Gasteiger charge is 2.55. The van der Waals surface area contributed by atoms with Crippen molar-refractivity contribution in [2.24, 2.45) is 0 Å². The van der Waals surface area contributed by atoms with Crippen molar-refractivity contribution in [3.63, 3.8) is 0 Å². The minimum Gasteiger partial charge on any atom is -0.450 e. The van der Waals surface area contributed by atoms with Crippen LogP contribution in [0.15, 0.2) is 0 Å². The fourth-order valence-corrected chi connectivity index (χ4v) is 1.59. The van der Waals surface area contributed by atoms with E-state index in [4.69, 9.17) is 14.2 Å². The molecule has 2 aliphatic heterocycles. The highest BCUT2D eigenvalue weighted by Crippen LogP contribution is 2.35. The maximum Gasteiger partial charge on any atom is 0.339 e. The summed E-state index contributed by atoms with van der Waals surface area (Å²) in [5.41, 5.74) is 0. The van der Waals surface area contributed by atoms with E-state index in [-0.39, 0.29) is 0 Å². The number of hydrogen-bond donors (Lipinski definition) is 0. The van der Waals surface area contributed by atoms with E-state index in [2.05, 4.69) is 0 Å². The first-order valence-corrected chi connectivity index (χ1v) is 4.05. The SMILES string of the molecule is CC1(C)O[C@@H]2[C@H](C=O)OC(=O)[C@@H]2O1. The second kappa shape index (κ2) is 2.52. The van der Waals surface area contributed by atoms with Crippen LogP contribution in [0.1, 0.15) is 13.8 Å². The number of fused-ring (bicyclic) bond motifs is 1. The maximum atomic E-state index is 11.1. The van der Waals surface area contributed by atoms with E-state index < -0.39 is 30.1 Å². The Balaban J connectivity index is 2.22. The van der Waals surface area contributed by atoms with Crippen LogP contribution < -0.4 is 0 Å². The molecule has 0 aromatic heterocycles. The third-order valence-electron chi connectivity index (χ3n) is 2.07. The van der Waals surface area contributed by atoms with Crippen molar-refractivity contribution in [1.29, 1.82) is 0 Å². The minimum absolute atomic E-state index is 0.521. The van der Waals surface area contributed by atoms with Crippen LogP contribution in [0.3, 0.4) is 0 Å². The first kappa shape index (κ1) is 8.65. The lowest BCUT2D eigenvalue weighted by atomic mass is 10.2. The third-order valence-corrected chi connectivity index (χ3v) is 2.07. The van der Waals surface area contributed by atoms with Gasteiger partial charge in [0, 0.05) is 0 Å². The van der Waals surface area contributed by atoms with E-state index in [1.165, 1.54) is 0 Å². The number of hydrogen-bond acceptors (Lipinski definition) is 5. The van der Waals surface area contributed by atoms with Gasteiger partial charge in [0.1, 0.15) is 6.10 Å². The molecular formula is C8H10O5. The van der Waals surface area contributed by atoms with Gasteiger partial charge in [-0.3, -0.25) is 4.79 Å². The Hall–Kier alpha value is -0.940. The predicted octanol–water partition coefficient (Wildman–Crippen LogP) is -0.369. The lowest BCUT2D eigenvalue weighted by molar-refractivity contribution is -0.186. The molecule has 3 atom stereocenters. The molecule has 0 bridgehead atoms. The average Bonchev–Trinajstić information content (AvgIpc) is 2.47. The summed E-state index contributed by atoms with van der Waals surface area (Å²) in [6, 6.07) is 0. The molecular weight excluding hydrogens is 176 g/mol. The van der Waals surface area contributed by atoms with Crippen LogP contribution in [0, 0.1) is 0 Å². The Bertz CT molecular complexity index is 259. The molecule has 2 aliphatic rings. The van der Waals surface area contributed by atoms with Crippen molar-refractivity contribution in [3.8, 4) is 0 Å². The van der Waals surface area contributed by atoms with Crippen molar-refractivity contribution >= 4 is 12.3 Å². The molecule has 13 heavy (non-hydrogen) atoms. The summed E-state index contributed by atoms with van der Waals surface area (Å²) in [5.74, 6) is -1.33. The Morgan fingerprint density at radius 1 is 1.38 bits per heavy atom. The Kier molecular flexibility index (Phi) is 1.68. The summed E-state index contributed by atoms with van der Waals surface area (Å²) >= 11 is 0. The van der Waals surface area contributed by atoms with Gasteiger partial charge in [0.25, 0.3) is 0 Å². The zero-order valence-corrected chi connectivity index (χ0v) is 7.35. The zero-order valence-electron chi connectivity index (χ0n) is 7.35. The number of carbonyl (C=O) groups excluding carboxylic acids is 2. The quantitative estimate of drug-likeness (QED) is 0.413. The summed E-state index contributed by atoms with van der Waals surface area (Å²) < 4.78 is 15.3. The van der Waals surface area contributed by atoms with Gasteiger partial charge in [-0.2, -0.15) is 0 Å². The van der Waals surface area contributed by atoms with Crippen LogP contribution in [0.4, 0.5) is 0 Å². The van der Waals surface area contributed by atoms with Gasteiger partial charge < -0.3 is 14.2 Å². The number of rotatable bonds is 1. The first-order valence-electron chi connectivity index (χ1n) is 4.05. The van der Waals surface area contributed by atoms with Gasteiger partial charge in [-0.1, -0.05) is 0 Å². The standard InChI is InChI=1S/C8H10O5/c1-8(2)12-5-4(3-9)11-7(10)6(5)13-8/h3-6H,1-2H3/t4-,5+,6+/m0/s1. The van der Waals surface area contributed by atoms with Gasteiger partial charge in [0.15, 0.2) is 24.3 Å². The fourth-order valence-electron chi connectivity index (χ4n) is 1.59. The highest BCUT2D eigenvalue weighted by atomic mass is 16.8. The number of esters is 1. The van der Waals surface area contributed by atoms with E-state index in [0.29, 0.717) is 6.29 Å². The molecule has 0 amide bonds. The molecule has 0 radical (unpaired) electrons. The van der Waals surface area contributed by atoms with Crippen LogP contribution in [-0.2, 0) is 23.8 Å². The maximum absolute atomic E-state index is 11.1. The lowest BCUT2D eigenvalue weighted by Gasteiger charge is -2.19. The van der Waals surface area contributed by atoms with Crippen molar-refractivity contribution in [1.82, 2.24) is 0 Å². The molecule has 0 saturated carbocycles. The summed E-state index contributed by atoms with van der Waals surface area (Å²) in [4.78, 5) is 21.6. The van der Waals surface area contributed by atoms with Crippen molar-refractivity contribution in [2.75, 3.05) is 0 Å². The second-order valence-corrected chi connectivity index (χ2v) is 3.56. The lowest BCUT2D eigenvalue weighted by Crippen LogP contribution is -2.30. The van der Waals surface area contributed by atoms with Gasteiger partial charge in [0.2, 0.25) is 0 Å². The van der Waals surface area contributed by atoms with Gasteiger partial charge in [-0.15, -0.1) is 0 Å². The molecule has 0 aliphatic carbocycles. The van der Waals surface area contributed by atoms with Gasteiger partial charge in [0.05, 0.1) is 0 Å². The Labute approximate surface area is 74.9 Å². The summed E-state index contributed by atoms with van der Waals surface area (Å²) in [7, 11) is 0. The molecule has 0 N–H and O–H groups in total. The van der Waals surface area contributed by atoms with E-state index in [1.807, 2.05) is 0 Å². The van der Waals surface area contributed by atoms with Crippen LogP contribution in [-0.4, -0.2) is 36.4 Å². The summed E-state index contributed by atoms with van der Waals surface area (Å²) in [5, 5.41) is 0. The largest absolute Gasteiger partial charge is 0.450 e. The van der Waals surface area contributed by atoms with Crippen molar-refractivity contribution in [3.05, 3.63) is 0 Å². The number of carbonyl (C=O) groups is 2. The molecule has 0 aromatic rings. The number of cyclic esters (lactones) is 1. The number of aldehydes is 1. The third kappa shape index (κ3) is 1.24. The molecule has 2 rings (SSSR count). The topological polar surface area (TPSA) is 61.8 Å². The molecule has 2 heterocycles. The van der Waals surface area contributed by atoms with E-state index >= 15 is 0 Å². The minimum atomic E-state index is -0.820. The normalized spacial score (nSPS) is 41.4. The zero-order chi connectivity index (χ0) is 9.64. The highest BCUT2D eigenvalue weighted by molar-refractivity contribution is 5.82. The molecule has 2 fully saturated rings. The van der Waals surface area contributed by atoms with Crippen LogP contribution in [0.2, 0.25) is 0 Å². The van der Waals surface area contributed by atoms with E-state index in [1.54, 1.807) is 13.8 Å². The average molecular weight is 186 g/mol. The summed E-state index contributed by atoms with van der Waals surface area (Å²) in [6.07, 6.45) is -1.59. The van der Waals surface area contributed by atoms with E-state index in [0.717, 1.165) is 0 Å². The summed E-state index contributed by atoms with van der Waals surface area (Å²) in [6.45, 7) is 3.39. The monoisotopic (exact) mass is 186 g/mol. The molecule has 0 unspecified atom stereocenters. The Morgan fingerprint density at radius 2 is 2.08 bits per heavy atom. The smallest absolute Gasteiger partial charge is 0.339 e. The Morgan fingerprint density at radius 3 is 2.69 bits per heavy atom. The van der Waals surface area contributed by atoms with Crippen LogP contribution in [0.5, 0.6) is 0 Å². The van der Waals surface area contributed by atoms with Gasteiger partial charge in [-0.05, 0) is 13.8 Å². The molecule has 0 aromatic carbocycles. The predicted molar refractivity (Wildman–Crippen MR) is 39.8 cm³/mol. The van der Waals surface area contributed by atoms with Crippen LogP contribution in [0.25, 0.3) is 0 Å². The fraction of sp³-hybridized carbons (Fsp3) is 0.750. The molecule has 5 heteroatoms. The second-order valence-electron chi connectivity index (χ2n) is 3.56. The number of ether oxygens (including phenoxy) is 3. The van der Waals surface area contributed by atoms with Crippen molar-refractivity contribution < 1.29 is 23.8 Å². The molecule has 0 spiro atoms. The molecule has 72 valence electrons. The van der Waals surface area contributed by atoms with E-state index in [9.17, 15) is 9.59 Å². The van der Waals surface area contributed by atoms with Gasteiger partial charge >= 0.3 is 5.97 Å².